The molecular weight excluding hydrogens is 340 g/mol. The molecule has 0 aliphatic heterocycles. The van der Waals surface area contributed by atoms with E-state index in [9.17, 15) is 9.59 Å². The zero-order valence-corrected chi connectivity index (χ0v) is 16.2. The van der Waals surface area contributed by atoms with Crippen molar-refractivity contribution >= 4 is 22.7 Å². The quantitative estimate of drug-likeness (QED) is 0.453. The number of carbonyl (C=O) groups excluding carboxylic acids is 2. The Morgan fingerprint density at radius 1 is 1.00 bits per heavy atom. The number of furan rings is 1. The highest BCUT2D eigenvalue weighted by Gasteiger charge is 2.16. The number of Topliss-reactive ketones (excluding diaryl/α,β-unsaturated/α-hetero) is 1. The molecule has 4 nitrogen and oxygen atoms in total. The molecule has 0 aliphatic rings. The molecule has 3 rings (SSSR count). The van der Waals surface area contributed by atoms with Crippen LogP contribution in [-0.2, 0) is 16.6 Å². The van der Waals surface area contributed by atoms with Gasteiger partial charge in [0, 0.05) is 11.8 Å². The van der Waals surface area contributed by atoms with E-state index in [0.717, 1.165) is 10.9 Å². The molecule has 1 heterocycles. The van der Waals surface area contributed by atoms with E-state index in [2.05, 4.69) is 45.0 Å². The van der Waals surface area contributed by atoms with Gasteiger partial charge in [0.05, 0.1) is 12.7 Å². The van der Waals surface area contributed by atoms with Crippen LogP contribution < -0.4 is 0 Å². The molecule has 0 radical (unpaired) electrons. The summed E-state index contributed by atoms with van der Waals surface area (Å²) < 4.78 is 10.4. The van der Waals surface area contributed by atoms with E-state index in [4.69, 9.17) is 9.15 Å². The number of hydrogen-bond acceptors (Lipinski definition) is 4. The maximum atomic E-state index is 12.5. The SMILES string of the molecule is COC(=O)c1ccc2oc(C(=O)CCc3ccc(C(C)(C)C)cc3)cc2c1. The van der Waals surface area contributed by atoms with Crippen LogP contribution in [0.25, 0.3) is 11.0 Å². The molecule has 140 valence electrons. The van der Waals surface area contributed by atoms with E-state index in [1.165, 1.54) is 12.7 Å². The molecule has 0 aliphatic carbocycles. The van der Waals surface area contributed by atoms with E-state index >= 15 is 0 Å². The number of rotatable bonds is 5. The van der Waals surface area contributed by atoms with E-state index in [0.29, 0.717) is 29.7 Å². The minimum absolute atomic E-state index is 0.0503. The largest absolute Gasteiger partial charge is 0.465 e. The molecule has 3 aromatic rings. The predicted molar refractivity (Wildman–Crippen MR) is 105 cm³/mol. The van der Waals surface area contributed by atoms with Crippen LogP contribution in [0.3, 0.4) is 0 Å². The lowest BCUT2D eigenvalue weighted by molar-refractivity contribution is 0.0600. The first-order valence-corrected chi connectivity index (χ1v) is 9.02. The van der Waals surface area contributed by atoms with Gasteiger partial charge in [0.1, 0.15) is 5.58 Å². The zero-order chi connectivity index (χ0) is 19.6. The summed E-state index contributed by atoms with van der Waals surface area (Å²) >= 11 is 0. The molecule has 2 aromatic carbocycles. The van der Waals surface area contributed by atoms with Gasteiger partial charge < -0.3 is 9.15 Å². The Kier molecular flexibility index (Phi) is 5.17. The Morgan fingerprint density at radius 3 is 2.33 bits per heavy atom. The summed E-state index contributed by atoms with van der Waals surface area (Å²) in [6.45, 7) is 6.54. The van der Waals surface area contributed by atoms with Crippen LogP contribution in [0.4, 0.5) is 0 Å². The number of hydrogen-bond donors (Lipinski definition) is 0. The van der Waals surface area contributed by atoms with E-state index < -0.39 is 5.97 Å². The van der Waals surface area contributed by atoms with Crippen molar-refractivity contribution in [2.75, 3.05) is 7.11 Å². The van der Waals surface area contributed by atoms with Crippen LogP contribution in [0.1, 0.15) is 59.2 Å². The highest BCUT2D eigenvalue weighted by atomic mass is 16.5. The summed E-state index contributed by atoms with van der Waals surface area (Å²) in [5.74, 6) is -0.145. The van der Waals surface area contributed by atoms with Crippen molar-refractivity contribution in [3.8, 4) is 0 Å². The van der Waals surface area contributed by atoms with Gasteiger partial charge in [-0.3, -0.25) is 4.79 Å². The molecule has 1 aromatic heterocycles. The Balaban J connectivity index is 1.70. The molecule has 0 unspecified atom stereocenters. The van der Waals surface area contributed by atoms with Crippen molar-refractivity contribution in [1.29, 1.82) is 0 Å². The fourth-order valence-corrected chi connectivity index (χ4v) is 2.98. The standard InChI is InChI=1S/C23H24O4/c1-23(2,3)18-9-5-15(6-10-18)7-11-19(24)21-14-17-13-16(22(25)26-4)8-12-20(17)27-21/h5-6,8-10,12-14H,7,11H2,1-4H3. The van der Waals surface area contributed by atoms with Crippen molar-refractivity contribution in [2.45, 2.75) is 39.0 Å². The summed E-state index contributed by atoms with van der Waals surface area (Å²) in [6, 6.07) is 15.1. The summed E-state index contributed by atoms with van der Waals surface area (Å²) in [7, 11) is 1.34. The third-order valence-corrected chi connectivity index (χ3v) is 4.67. The molecule has 0 spiro atoms. The third kappa shape index (κ3) is 4.27. The second-order valence-electron chi connectivity index (χ2n) is 7.72. The molecule has 0 N–H and O–H groups in total. The van der Waals surface area contributed by atoms with Crippen LogP contribution >= 0.6 is 0 Å². The number of ketones is 1. The highest BCUT2D eigenvalue weighted by Crippen LogP contribution is 2.24. The number of esters is 1. The summed E-state index contributed by atoms with van der Waals surface area (Å²) in [5, 5.41) is 0.718. The summed E-state index contributed by atoms with van der Waals surface area (Å²) in [4.78, 5) is 24.1. The van der Waals surface area contributed by atoms with Gasteiger partial charge in [-0.2, -0.15) is 0 Å². The predicted octanol–water partition coefficient (Wildman–Crippen LogP) is 5.33. The van der Waals surface area contributed by atoms with Gasteiger partial charge in [-0.25, -0.2) is 4.79 Å². The lowest BCUT2D eigenvalue weighted by Crippen LogP contribution is -2.10. The molecule has 0 saturated carbocycles. The fraction of sp³-hybridized carbons (Fsp3) is 0.304. The number of fused-ring (bicyclic) bond motifs is 1. The van der Waals surface area contributed by atoms with Gasteiger partial charge in [0.15, 0.2) is 11.5 Å². The first-order valence-electron chi connectivity index (χ1n) is 9.02. The molecule has 0 fully saturated rings. The minimum Gasteiger partial charge on any atom is -0.465 e. The first kappa shape index (κ1) is 18.9. The van der Waals surface area contributed by atoms with Gasteiger partial charge >= 0.3 is 5.97 Å². The second kappa shape index (κ2) is 7.39. The third-order valence-electron chi connectivity index (χ3n) is 4.67. The van der Waals surface area contributed by atoms with Gasteiger partial charge in [-0.15, -0.1) is 0 Å². The number of carbonyl (C=O) groups is 2. The van der Waals surface area contributed by atoms with Crippen LogP contribution in [0.2, 0.25) is 0 Å². The number of ether oxygens (including phenoxy) is 1. The smallest absolute Gasteiger partial charge is 0.337 e. The minimum atomic E-state index is -0.412. The molecule has 0 amide bonds. The van der Waals surface area contributed by atoms with E-state index in [-0.39, 0.29) is 11.2 Å². The highest BCUT2D eigenvalue weighted by molar-refractivity contribution is 5.99. The first-order chi connectivity index (χ1) is 12.8. The van der Waals surface area contributed by atoms with Crippen molar-refractivity contribution in [2.24, 2.45) is 0 Å². The second-order valence-corrected chi connectivity index (χ2v) is 7.72. The molecule has 4 heteroatoms. The van der Waals surface area contributed by atoms with Crippen molar-refractivity contribution in [3.63, 3.8) is 0 Å². The lowest BCUT2D eigenvalue weighted by Gasteiger charge is -2.19. The zero-order valence-electron chi connectivity index (χ0n) is 16.2. The summed E-state index contributed by atoms with van der Waals surface area (Å²) in [6.07, 6.45) is 1.03. The van der Waals surface area contributed by atoms with Crippen molar-refractivity contribution < 1.29 is 18.7 Å². The number of methoxy groups -OCH3 is 1. The Hall–Kier alpha value is -2.88. The molecule has 27 heavy (non-hydrogen) atoms. The maximum Gasteiger partial charge on any atom is 0.337 e. The van der Waals surface area contributed by atoms with Gasteiger partial charge in [-0.1, -0.05) is 45.0 Å². The molecular formula is C23H24O4. The van der Waals surface area contributed by atoms with Crippen LogP contribution in [-0.4, -0.2) is 18.9 Å². The Bertz CT molecular complexity index is 972. The normalized spacial score (nSPS) is 11.6. The van der Waals surface area contributed by atoms with Crippen LogP contribution in [0.15, 0.2) is 52.9 Å². The van der Waals surface area contributed by atoms with Crippen molar-refractivity contribution in [3.05, 3.63) is 71.0 Å². The number of aryl methyl sites for hydroxylation is 1. The average molecular weight is 364 g/mol. The Labute approximate surface area is 159 Å². The van der Waals surface area contributed by atoms with E-state index in [1.54, 1.807) is 24.3 Å². The van der Waals surface area contributed by atoms with Gasteiger partial charge in [0.25, 0.3) is 0 Å². The van der Waals surface area contributed by atoms with Crippen molar-refractivity contribution in [1.82, 2.24) is 0 Å². The topological polar surface area (TPSA) is 56.5 Å². The van der Waals surface area contributed by atoms with Gasteiger partial charge in [-0.05, 0) is 47.2 Å². The maximum absolute atomic E-state index is 12.5. The average Bonchev–Trinajstić information content (AvgIpc) is 3.08. The van der Waals surface area contributed by atoms with Crippen LogP contribution in [0, 0.1) is 0 Å². The summed E-state index contributed by atoms with van der Waals surface area (Å²) in [5.41, 5.74) is 3.53. The molecule has 0 saturated heterocycles. The molecule has 0 bridgehead atoms. The van der Waals surface area contributed by atoms with Crippen LogP contribution in [0.5, 0.6) is 0 Å². The number of benzene rings is 2. The fourth-order valence-electron chi connectivity index (χ4n) is 2.98. The van der Waals surface area contributed by atoms with Gasteiger partial charge in [0.2, 0.25) is 0 Å². The monoisotopic (exact) mass is 364 g/mol. The van der Waals surface area contributed by atoms with E-state index in [1.807, 2.05) is 0 Å². The molecule has 0 atom stereocenters. The Morgan fingerprint density at radius 2 is 1.70 bits per heavy atom. The lowest BCUT2D eigenvalue weighted by atomic mass is 9.86.